The van der Waals surface area contributed by atoms with Gasteiger partial charge in [-0.25, -0.2) is 14.4 Å². The Hall–Kier alpha value is -2.66. The maximum atomic E-state index is 14.1. The van der Waals surface area contributed by atoms with Gasteiger partial charge < -0.3 is 10.1 Å². The highest BCUT2D eigenvalue weighted by atomic mass is 35.5. The van der Waals surface area contributed by atoms with Crippen LogP contribution in [-0.2, 0) is 0 Å². The molecule has 2 aromatic heterocycles. The van der Waals surface area contributed by atoms with Crippen LogP contribution in [0, 0.1) is 5.82 Å². The maximum absolute atomic E-state index is 14.1. The highest BCUT2D eigenvalue weighted by Gasteiger charge is 2.14. The van der Waals surface area contributed by atoms with Crippen LogP contribution in [0.2, 0.25) is 5.02 Å². The fourth-order valence-corrected chi connectivity index (χ4v) is 2.41. The third kappa shape index (κ3) is 3.24. The van der Waals surface area contributed by atoms with Gasteiger partial charge >= 0.3 is 0 Å². The van der Waals surface area contributed by atoms with Crippen LogP contribution in [0.25, 0.3) is 11.1 Å². The van der Waals surface area contributed by atoms with Crippen LogP contribution in [0.3, 0.4) is 0 Å². The molecule has 0 unspecified atom stereocenters. The van der Waals surface area contributed by atoms with Crippen LogP contribution in [0.5, 0.6) is 5.75 Å². The molecule has 6 heteroatoms. The minimum atomic E-state index is -0.581. The number of rotatable bonds is 4. The average Bonchev–Trinajstić information content (AvgIpc) is 2.58. The summed E-state index contributed by atoms with van der Waals surface area (Å²) in [6, 6.07) is 12.3. The zero-order valence-corrected chi connectivity index (χ0v) is 13.0. The standard InChI is InChI=1S/C17H13ClFN3O/c1-23-13-6-5-12(16(18)17(13)19)11-7-9-21-15(10-11)22-14-4-2-3-8-20-14/h2-10H,1H3,(H,20,21,22). The lowest BCUT2D eigenvalue weighted by Gasteiger charge is -2.10. The molecular weight excluding hydrogens is 317 g/mol. The molecule has 0 fully saturated rings. The molecular formula is C17H13ClFN3O. The van der Waals surface area contributed by atoms with Gasteiger partial charge in [-0.2, -0.15) is 0 Å². The van der Waals surface area contributed by atoms with Crippen molar-refractivity contribution in [3.63, 3.8) is 0 Å². The van der Waals surface area contributed by atoms with Crippen molar-refractivity contribution < 1.29 is 9.13 Å². The van der Waals surface area contributed by atoms with Gasteiger partial charge in [-0.3, -0.25) is 0 Å². The van der Waals surface area contributed by atoms with E-state index in [-0.39, 0.29) is 10.8 Å². The fourth-order valence-electron chi connectivity index (χ4n) is 2.15. The molecule has 23 heavy (non-hydrogen) atoms. The predicted molar refractivity (Wildman–Crippen MR) is 88.7 cm³/mol. The summed E-state index contributed by atoms with van der Waals surface area (Å²) in [7, 11) is 1.40. The summed E-state index contributed by atoms with van der Waals surface area (Å²) in [5.74, 6) is 0.792. The van der Waals surface area contributed by atoms with Gasteiger partial charge in [0.05, 0.1) is 12.1 Å². The van der Waals surface area contributed by atoms with Crippen LogP contribution >= 0.6 is 11.6 Å². The lowest BCUT2D eigenvalue weighted by Crippen LogP contribution is -1.96. The smallest absolute Gasteiger partial charge is 0.184 e. The molecule has 1 aromatic carbocycles. The van der Waals surface area contributed by atoms with E-state index in [1.54, 1.807) is 36.7 Å². The Morgan fingerprint density at radius 2 is 1.87 bits per heavy atom. The molecule has 3 rings (SSSR count). The summed E-state index contributed by atoms with van der Waals surface area (Å²) in [4.78, 5) is 8.41. The zero-order valence-electron chi connectivity index (χ0n) is 12.3. The van der Waals surface area contributed by atoms with Crippen molar-refractivity contribution in [2.45, 2.75) is 0 Å². The van der Waals surface area contributed by atoms with Crippen molar-refractivity contribution in [3.8, 4) is 16.9 Å². The molecule has 0 aliphatic rings. The monoisotopic (exact) mass is 329 g/mol. The van der Waals surface area contributed by atoms with Crippen molar-refractivity contribution >= 4 is 23.2 Å². The molecule has 0 saturated carbocycles. The molecule has 2 heterocycles. The van der Waals surface area contributed by atoms with Crippen molar-refractivity contribution in [3.05, 3.63) is 65.7 Å². The first kappa shape index (κ1) is 15.2. The Kier molecular flexibility index (Phi) is 4.39. The molecule has 0 spiro atoms. The Balaban J connectivity index is 1.96. The molecule has 3 aromatic rings. The van der Waals surface area contributed by atoms with Crippen LogP contribution < -0.4 is 10.1 Å². The number of ether oxygens (including phenoxy) is 1. The molecule has 0 saturated heterocycles. The molecule has 0 atom stereocenters. The normalized spacial score (nSPS) is 10.4. The topological polar surface area (TPSA) is 47.0 Å². The van der Waals surface area contributed by atoms with Crippen LogP contribution in [0.4, 0.5) is 16.0 Å². The summed E-state index contributed by atoms with van der Waals surface area (Å²) >= 11 is 6.12. The first-order chi connectivity index (χ1) is 11.2. The Bertz CT molecular complexity index is 827. The second kappa shape index (κ2) is 6.62. The predicted octanol–water partition coefficient (Wildman–Crippen LogP) is 4.69. The lowest BCUT2D eigenvalue weighted by molar-refractivity contribution is 0.387. The second-order valence-corrected chi connectivity index (χ2v) is 5.09. The number of nitrogens with one attached hydrogen (secondary N) is 1. The van der Waals surface area contributed by atoms with Gasteiger partial charge in [-0.15, -0.1) is 0 Å². The largest absolute Gasteiger partial charge is 0.494 e. The van der Waals surface area contributed by atoms with Crippen molar-refractivity contribution in [1.29, 1.82) is 0 Å². The molecule has 0 radical (unpaired) electrons. The maximum Gasteiger partial charge on any atom is 0.184 e. The van der Waals surface area contributed by atoms with Gasteiger partial charge in [-0.1, -0.05) is 17.7 Å². The Morgan fingerprint density at radius 3 is 2.61 bits per heavy atom. The van der Waals surface area contributed by atoms with E-state index in [0.29, 0.717) is 17.2 Å². The third-order valence-corrected chi connectivity index (χ3v) is 3.63. The number of nitrogens with zero attached hydrogens (tertiary/aromatic N) is 2. The number of anilines is 2. The van der Waals surface area contributed by atoms with Gasteiger partial charge in [0.25, 0.3) is 0 Å². The minimum Gasteiger partial charge on any atom is -0.494 e. The average molecular weight is 330 g/mol. The zero-order chi connectivity index (χ0) is 16.2. The first-order valence-electron chi connectivity index (χ1n) is 6.85. The van der Waals surface area contributed by atoms with E-state index in [1.807, 2.05) is 18.2 Å². The molecule has 0 aliphatic heterocycles. The summed E-state index contributed by atoms with van der Waals surface area (Å²) in [6.07, 6.45) is 3.31. The number of halogens is 2. The van der Waals surface area contributed by atoms with E-state index in [0.717, 1.165) is 5.56 Å². The molecule has 1 N–H and O–H groups in total. The van der Waals surface area contributed by atoms with E-state index in [2.05, 4.69) is 15.3 Å². The number of aromatic nitrogens is 2. The Morgan fingerprint density at radius 1 is 1.04 bits per heavy atom. The molecule has 0 aliphatic carbocycles. The van der Waals surface area contributed by atoms with Crippen molar-refractivity contribution in [2.75, 3.05) is 12.4 Å². The quantitative estimate of drug-likeness (QED) is 0.754. The van der Waals surface area contributed by atoms with Crippen molar-refractivity contribution in [2.24, 2.45) is 0 Å². The number of benzene rings is 1. The highest BCUT2D eigenvalue weighted by molar-refractivity contribution is 6.33. The van der Waals surface area contributed by atoms with Crippen LogP contribution in [0.1, 0.15) is 0 Å². The number of hydrogen-bond acceptors (Lipinski definition) is 4. The Labute approximate surface area is 137 Å². The van der Waals surface area contributed by atoms with Gasteiger partial charge in [0.2, 0.25) is 0 Å². The summed E-state index contributed by atoms with van der Waals surface area (Å²) < 4.78 is 19.0. The molecule has 116 valence electrons. The minimum absolute atomic E-state index is 0.0133. The lowest BCUT2D eigenvalue weighted by atomic mass is 10.1. The first-order valence-corrected chi connectivity index (χ1v) is 7.23. The van der Waals surface area contributed by atoms with Gasteiger partial charge in [0.15, 0.2) is 11.6 Å². The summed E-state index contributed by atoms with van der Waals surface area (Å²) in [5.41, 5.74) is 1.31. The van der Waals surface area contributed by atoms with Gasteiger partial charge in [0, 0.05) is 18.0 Å². The van der Waals surface area contributed by atoms with E-state index >= 15 is 0 Å². The van der Waals surface area contributed by atoms with Gasteiger partial charge in [-0.05, 0) is 42.0 Å². The fraction of sp³-hybridized carbons (Fsp3) is 0.0588. The van der Waals surface area contributed by atoms with E-state index in [4.69, 9.17) is 16.3 Å². The van der Waals surface area contributed by atoms with E-state index < -0.39 is 5.82 Å². The van der Waals surface area contributed by atoms with E-state index in [9.17, 15) is 4.39 Å². The van der Waals surface area contributed by atoms with Crippen LogP contribution in [0.15, 0.2) is 54.9 Å². The summed E-state index contributed by atoms with van der Waals surface area (Å²) in [6.45, 7) is 0. The highest BCUT2D eigenvalue weighted by Crippen LogP contribution is 2.35. The SMILES string of the molecule is COc1ccc(-c2ccnc(Nc3ccccn3)c2)c(Cl)c1F. The van der Waals surface area contributed by atoms with Crippen LogP contribution in [-0.4, -0.2) is 17.1 Å². The molecule has 0 amide bonds. The van der Waals surface area contributed by atoms with Gasteiger partial charge in [0.1, 0.15) is 11.6 Å². The number of hydrogen-bond donors (Lipinski definition) is 1. The second-order valence-electron chi connectivity index (χ2n) is 4.71. The van der Waals surface area contributed by atoms with Crippen molar-refractivity contribution in [1.82, 2.24) is 9.97 Å². The number of methoxy groups -OCH3 is 1. The molecule has 4 nitrogen and oxygen atoms in total. The third-order valence-electron chi connectivity index (χ3n) is 3.26. The summed E-state index contributed by atoms with van der Waals surface area (Å²) in [5, 5.41) is 3.10. The molecule has 0 bridgehead atoms. The van der Waals surface area contributed by atoms with E-state index in [1.165, 1.54) is 7.11 Å². The number of pyridine rings is 2.